The van der Waals surface area contributed by atoms with Crippen molar-refractivity contribution in [3.63, 3.8) is 0 Å². The molecule has 0 bridgehead atoms. The number of nitrogens with zero attached hydrogens (tertiary/aromatic N) is 3. The first kappa shape index (κ1) is 22.4. The third-order valence-corrected chi connectivity index (χ3v) is 5.59. The fourth-order valence-corrected chi connectivity index (χ4v) is 3.81. The molecular weight excluding hydrogens is 423 g/mol. The lowest BCUT2D eigenvalue weighted by Gasteiger charge is -2.32. The maximum Gasteiger partial charge on any atom is 0.260 e. The molecule has 1 atom stereocenters. The fraction of sp³-hybridized carbons (Fsp3) is 0.280. The Kier molecular flexibility index (Phi) is 6.92. The number of anilines is 1. The van der Waals surface area contributed by atoms with E-state index in [4.69, 9.17) is 4.74 Å². The largest absolute Gasteiger partial charge is 0.484 e. The first-order valence-electron chi connectivity index (χ1n) is 10.9. The number of benzene rings is 2. The number of carbonyl (C=O) groups excluding carboxylic acids is 2. The second-order valence-electron chi connectivity index (χ2n) is 7.97. The van der Waals surface area contributed by atoms with Crippen LogP contribution in [0.25, 0.3) is 0 Å². The van der Waals surface area contributed by atoms with E-state index in [1.165, 1.54) is 24.3 Å². The number of hydrogen-bond acceptors (Lipinski definition) is 5. The van der Waals surface area contributed by atoms with Gasteiger partial charge in [0.25, 0.3) is 11.8 Å². The van der Waals surface area contributed by atoms with Gasteiger partial charge in [-0.2, -0.15) is 0 Å². The van der Waals surface area contributed by atoms with Crippen LogP contribution in [0.15, 0.2) is 60.8 Å². The van der Waals surface area contributed by atoms with Gasteiger partial charge in [0.1, 0.15) is 17.4 Å². The van der Waals surface area contributed by atoms with Gasteiger partial charge < -0.3 is 15.0 Å². The van der Waals surface area contributed by atoms with Crippen molar-refractivity contribution in [1.82, 2.24) is 14.9 Å². The van der Waals surface area contributed by atoms with E-state index < -0.39 is 0 Å². The number of amides is 2. The number of nitrogens with one attached hydrogen (secondary N) is 1. The van der Waals surface area contributed by atoms with Crippen molar-refractivity contribution in [2.45, 2.75) is 25.7 Å². The fourth-order valence-electron chi connectivity index (χ4n) is 3.81. The summed E-state index contributed by atoms with van der Waals surface area (Å²) in [6.45, 7) is 2.80. The number of hydrogen-bond donors (Lipinski definition) is 1. The minimum absolute atomic E-state index is 0.0153. The van der Waals surface area contributed by atoms with E-state index in [-0.39, 0.29) is 30.2 Å². The quantitative estimate of drug-likeness (QED) is 0.617. The van der Waals surface area contributed by atoms with E-state index in [0.717, 1.165) is 12.8 Å². The molecule has 1 saturated heterocycles. The zero-order chi connectivity index (χ0) is 23.2. The minimum atomic E-state index is -0.355. The van der Waals surface area contributed by atoms with E-state index in [1.54, 1.807) is 18.0 Å². The minimum Gasteiger partial charge on any atom is -0.484 e. The lowest BCUT2D eigenvalue weighted by Crippen LogP contribution is -2.42. The van der Waals surface area contributed by atoms with Crippen LogP contribution in [0.4, 0.5) is 10.1 Å². The molecule has 4 rings (SSSR count). The molecule has 8 heteroatoms. The van der Waals surface area contributed by atoms with Gasteiger partial charge in [-0.15, -0.1) is 0 Å². The van der Waals surface area contributed by atoms with Crippen LogP contribution in [0.3, 0.4) is 0 Å². The summed E-state index contributed by atoms with van der Waals surface area (Å²) in [6, 6.07) is 14.8. The Morgan fingerprint density at radius 3 is 2.64 bits per heavy atom. The van der Waals surface area contributed by atoms with Crippen LogP contribution < -0.4 is 10.1 Å². The summed E-state index contributed by atoms with van der Waals surface area (Å²) in [7, 11) is 0. The summed E-state index contributed by atoms with van der Waals surface area (Å²) >= 11 is 0. The Bertz CT molecular complexity index is 1120. The third-order valence-electron chi connectivity index (χ3n) is 5.59. The molecular formula is C25H25FN4O3. The molecule has 170 valence electrons. The molecule has 1 aromatic heterocycles. The maximum absolute atomic E-state index is 13.0. The van der Waals surface area contributed by atoms with Gasteiger partial charge >= 0.3 is 0 Å². The molecule has 1 fully saturated rings. The molecule has 7 nitrogen and oxygen atoms in total. The zero-order valence-corrected chi connectivity index (χ0v) is 18.3. The second-order valence-corrected chi connectivity index (χ2v) is 7.97. The number of para-hydroxylation sites is 1. The van der Waals surface area contributed by atoms with Crippen LogP contribution >= 0.6 is 0 Å². The molecule has 1 unspecified atom stereocenters. The normalized spacial score (nSPS) is 15.7. The lowest BCUT2D eigenvalue weighted by atomic mass is 9.97. The van der Waals surface area contributed by atoms with E-state index in [0.29, 0.717) is 41.6 Å². The Balaban J connectivity index is 1.37. The molecule has 1 N–H and O–H groups in total. The molecule has 2 amide bonds. The second kappa shape index (κ2) is 10.2. The van der Waals surface area contributed by atoms with Gasteiger partial charge in [0.2, 0.25) is 0 Å². The van der Waals surface area contributed by atoms with E-state index in [9.17, 15) is 14.0 Å². The number of carbonyl (C=O) groups is 2. The predicted octanol–water partition coefficient (Wildman–Crippen LogP) is 3.96. The Morgan fingerprint density at radius 1 is 1.15 bits per heavy atom. The number of ether oxygens (including phenoxy) is 1. The molecule has 0 spiro atoms. The van der Waals surface area contributed by atoms with Gasteiger partial charge in [-0.3, -0.25) is 9.59 Å². The molecule has 3 aromatic rings. The summed E-state index contributed by atoms with van der Waals surface area (Å²) in [5.74, 6) is 0.301. The van der Waals surface area contributed by atoms with Gasteiger partial charge in [-0.1, -0.05) is 18.2 Å². The highest BCUT2D eigenvalue weighted by atomic mass is 19.1. The molecule has 2 aromatic carbocycles. The number of aryl methyl sites for hydroxylation is 1. The van der Waals surface area contributed by atoms with Gasteiger partial charge in [-0.05, 0) is 56.2 Å². The van der Waals surface area contributed by atoms with Crippen LogP contribution in [0.1, 0.15) is 40.6 Å². The van der Waals surface area contributed by atoms with E-state index >= 15 is 0 Å². The van der Waals surface area contributed by atoms with Crippen LogP contribution in [-0.4, -0.2) is 46.4 Å². The van der Waals surface area contributed by atoms with E-state index in [2.05, 4.69) is 15.3 Å². The molecule has 1 aliphatic rings. The number of piperidine rings is 1. The number of halogens is 1. The average Bonchev–Trinajstić information content (AvgIpc) is 2.84. The zero-order valence-electron chi connectivity index (χ0n) is 18.3. The van der Waals surface area contributed by atoms with Crippen LogP contribution in [0.5, 0.6) is 5.75 Å². The topological polar surface area (TPSA) is 84.4 Å². The van der Waals surface area contributed by atoms with Crippen LogP contribution in [-0.2, 0) is 4.79 Å². The number of likely N-dealkylation sites (tertiary alicyclic amines) is 1. The first-order valence-corrected chi connectivity index (χ1v) is 10.9. The van der Waals surface area contributed by atoms with Gasteiger partial charge in [0, 0.05) is 30.9 Å². The Morgan fingerprint density at radius 2 is 1.91 bits per heavy atom. The smallest absolute Gasteiger partial charge is 0.260 e. The Labute approximate surface area is 191 Å². The molecule has 33 heavy (non-hydrogen) atoms. The van der Waals surface area contributed by atoms with Crippen LogP contribution in [0, 0.1) is 12.7 Å². The summed E-state index contributed by atoms with van der Waals surface area (Å²) in [5.41, 5.74) is 1.71. The number of rotatable bonds is 6. The summed E-state index contributed by atoms with van der Waals surface area (Å²) in [4.78, 5) is 36.0. The van der Waals surface area contributed by atoms with Crippen molar-refractivity contribution >= 4 is 17.5 Å². The van der Waals surface area contributed by atoms with Crippen molar-refractivity contribution in [1.29, 1.82) is 0 Å². The summed E-state index contributed by atoms with van der Waals surface area (Å²) in [5, 5.41) is 2.84. The summed E-state index contributed by atoms with van der Waals surface area (Å²) in [6.07, 6.45) is 3.23. The SMILES string of the molecule is Cc1nc(C2CCCN(C(=O)COc3ccc(F)cc3)C2)ncc1C(=O)Nc1ccccc1. The average molecular weight is 448 g/mol. The molecule has 0 aliphatic carbocycles. The predicted molar refractivity (Wildman–Crippen MR) is 122 cm³/mol. The van der Waals surface area contributed by atoms with Gasteiger partial charge in [-0.25, -0.2) is 14.4 Å². The highest BCUT2D eigenvalue weighted by Gasteiger charge is 2.27. The molecule has 0 saturated carbocycles. The molecule has 2 heterocycles. The monoisotopic (exact) mass is 448 g/mol. The highest BCUT2D eigenvalue weighted by molar-refractivity contribution is 6.04. The van der Waals surface area contributed by atoms with E-state index in [1.807, 2.05) is 30.3 Å². The van der Waals surface area contributed by atoms with Crippen LogP contribution in [0.2, 0.25) is 0 Å². The lowest BCUT2D eigenvalue weighted by molar-refractivity contribution is -0.134. The standard InChI is InChI=1S/C25H25FN4O3/c1-17-22(25(32)29-20-7-3-2-4-8-20)14-27-24(28-17)18-6-5-13-30(15-18)23(31)16-33-21-11-9-19(26)10-12-21/h2-4,7-12,14,18H,5-6,13,15-16H2,1H3,(H,29,32). The van der Waals surface area contributed by atoms with Crippen molar-refractivity contribution in [2.24, 2.45) is 0 Å². The number of aromatic nitrogens is 2. The summed E-state index contributed by atoms with van der Waals surface area (Å²) < 4.78 is 18.5. The van der Waals surface area contributed by atoms with Gasteiger partial charge in [0.05, 0.1) is 11.3 Å². The van der Waals surface area contributed by atoms with Crippen molar-refractivity contribution in [3.05, 3.63) is 83.7 Å². The first-order chi connectivity index (χ1) is 16.0. The molecule has 0 radical (unpaired) electrons. The highest BCUT2D eigenvalue weighted by Crippen LogP contribution is 2.25. The molecule has 1 aliphatic heterocycles. The Hall–Kier alpha value is -3.81. The third kappa shape index (κ3) is 5.71. The van der Waals surface area contributed by atoms with Crippen molar-refractivity contribution in [3.8, 4) is 5.75 Å². The maximum atomic E-state index is 13.0. The van der Waals surface area contributed by atoms with Crippen molar-refractivity contribution in [2.75, 3.05) is 25.0 Å². The van der Waals surface area contributed by atoms with Gasteiger partial charge in [0.15, 0.2) is 6.61 Å². The van der Waals surface area contributed by atoms with Crippen molar-refractivity contribution < 1.29 is 18.7 Å².